The molecule has 6 nitrogen and oxygen atoms in total. The average Bonchev–Trinajstić information content (AvgIpc) is 3.05. The van der Waals surface area contributed by atoms with Gasteiger partial charge in [0.1, 0.15) is 0 Å². The molecule has 2 aromatic rings. The van der Waals surface area contributed by atoms with Crippen molar-refractivity contribution in [2.45, 2.75) is 32.2 Å². The van der Waals surface area contributed by atoms with E-state index in [0.29, 0.717) is 36.6 Å². The first-order valence-electron chi connectivity index (χ1n) is 10.2. The second-order valence-electron chi connectivity index (χ2n) is 7.84. The first kappa shape index (κ1) is 20.6. The second kappa shape index (κ2) is 8.58. The Hall–Kier alpha value is -2.70. The Morgan fingerprint density at radius 3 is 2.43 bits per heavy atom. The number of likely N-dealkylation sites (tertiary alicyclic amines) is 1. The lowest BCUT2D eigenvalue weighted by atomic mass is 9.94. The van der Waals surface area contributed by atoms with E-state index in [1.807, 2.05) is 42.2 Å². The van der Waals surface area contributed by atoms with Crippen molar-refractivity contribution in [3.63, 3.8) is 0 Å². The van der Waals surface area contributed by atoms with E-state index < -0.39 is 6.04 Å². The van der Waals surface area contributed by atoms with E-state index >= 15 is 0 Å². The molecule has 1 atom stereocenters. The fourth-order valence-electron chi connectivity index (χ4n) is 4.23. The Morgan fingerprint density at radius 1 is 1.03 bits per heavy atom. The van der Waals surface area contributed by atoms with Crippen molar-refractivity contribution in [2.24, 2.45) is 5.92 Å². The minimum absolute atomic E-state index is 0.00542. The second-order valence-corrected chi connectivity index (χ2v) is 8.24. The number of imide groups is 1. The molecule has 2 aliphatic rings. The van der Waals surface area contributed by atoms with Crippen LogP contribution < -0.4 is 10.2 Å². The molecule has 30 heavy (non-hydrogen) atoms. The first-order chi connectivity index (χ1) is 14.5. The molecule has 0 aliphatic carbocycles. The van der Waals surface area contributed by atoms with E-state index in [1.165, 1.54) is 4.90 Å². The van der Waals surface area contributed by atoms with Gasteiger partial charge in [-0.15, -0.1) is 0 Å². The Morgan fingerprint density at radius 2 is 1.73 bits per heavy atom. The van der Waals surface area contributed by atoms with Gasteiger partial charge in [0.2, 0.25) is 11.8 Å². The summed E-state index contributed by atoms with van der Waals surface area (Å²) in [6.45, 7) is 3.03. The van der Waals surface area contributed by atoms with Gasteiger partial charge in [-0.25, -0.2) is 4.90 Å². The summed E-state index contributed by atoms with van der Waals surface area (Å²) >= 11 is 6.18. The minimum Gasteiger partial charge on any atom is -0.326 e. The van der Waals surface area contributed by atoms with Crippen LogP contribution in [0.25, 0.3) is 0 Å². The number of nitrogens with zero attached hydrogens (tertiary/aromatic N) is 2. The third kappa shape index (κ3) is 3.98. The van der Waals surface area contributed by atoms with Gasteiger partial charge in [0.15, 0.2) is 0 Å². The first-order valence-corrected chi connectivity index (χ1v) is 10.6. The van der Waals surface area contributed by atoms with E-state index in [4.69, 9.17) is 11.6 Å². The number of carbonyl (C=O) groups excluding carboxylic acids is 3. The maximum Gasteiger partial charge on any atom is 0.251 e. The molecular weight excluding hydrogens is 402 g/mol. The van der Waals surface area contributed by atoms with Crippen LogP contribution >= 0.6 is 11.6 Å². The van der Waals surface area contributed by atoms with Gasteiger partial charge in [0, 0.05) is 16.6 Å². The highest BCUT2D eigenvalue weighted by atomic mass is 35.5. The molecule has 3 amide bonds. The highest BCUT2D eigenvalue weighted by Gasteiger charge is 2.44. The van der Waals surface area contributed by atoms with Gasteiger partial charge in [0.25, 0.3) is 5.91 Å². The Labute approximate surface area is 180 Å². The number of para-hydroxylation sites is 1. The minimum atomic E-state index is -0.478. The maximum absolute atomic E-state index is 13.1. The number of rotatable bonds is 4. The van der Waals surface area contributed by atoms with Crippen molar-refractivity contribution in [1.82, 2.24) is 4.90 Å². The topological polar surface area (TPSA) is 69.7 Å². The van der Waals surface area contributed by atoms with Gasteiger partial charge >= 0.3 is 0 Å². The van der Waals surface area contributed by atoms with E-state index in [-0.39, 0.29) is 30.1 Å². The van der Waals surface area contributed by atoms with Crippen LogP contribution in [0.4, 0.5) is 11.4 Å². The molecular formula is C23H24ClN3O3. The van der Waals surface area contributed by atoms with E-state index in [1.54, 1.807) is 18.2 Å². The van der Waals surface area contributed by atoms with Gasteiger partial charge < -0.3 is 5.32 Å². The van der Waals surface area contributed by atoms with Crippen LogP contribution in [-0.2, 0) is 14.4 Å². The van der Waals surface area contributed by atoms with Gasteiger partial charge in [-0.2, -0.15) is 0 Å². The number of piperidine rings is 1. The standard InChI is InChI=1S/C23H24ClN3O3/c1-15-18(24)8-5-9-19(15)27-21(28)14-20(23(27)30)26-12-10-16(11-13-26)22(29)25-17-6-3-2-4-7-17/h2-9,16,20H,10-14H2,1H3,(H,25,29). The van der Waals surface area contributed by atoms with Crippen molar-refractivity contribution in [2.75, 3.05) is 23.3 Å². The summed E-state index contributed by atoms with van der Waals surface area (Å²) in [5.74, 6) is -0.511. The summed E-state index contributed by atoms with van der Waals surface area (Å²) in [5, 5.41) is 3.48. The molecule has 156 valence electrons. The van der Waals surface area contributed by atoms with E-state index in [0.717, 1.165) is 11.3 Å². The van der Waals surface area contributed by atoms with Crippen molar-refractivity contribution >= 4 is 40.7 Å². The number of benzene rings is 2. The summed E-state index contributed by atoms with van der Waals surface area (Å²) in [7, 11) is 0. The fraction of sp³-hybridized carbons (Fsp3) is 0.348. The highest BCUT2D eigenvalue weighted by Crippen LogP contribution is 2.33. The SMILES string of the molecule is Cc1c(Cl)cccc1N1C(=O)CC(N2CCC(C(=O)Nc3ccccc3)CC2)C1=O. The molecule has 0 radical (unpaired) electrons. The lowest BCUT2D eigenvalue weighted by Gasteiger charge is -2.34. The Kier molecular flexibility index (Phi) is 5.88. The van der Waals surface area contributed by atoms with Gasteiger partial charge in [-0.1, -0.05) is 35.9 Å². The quantitative estimate of drug-likeness (QED) is 0.759. The van der Waals surface area contributed by atoms with Crippen LogP contribution in [0.2, 0.25) is 5.02 Å². The lowest BCUT2D eigenvalue weighted by molar-refractivity contribution is -0.123. The molecule has 0 saturated carbocycles. The number of nitrogens with one attached hydrogen (secondary N) is 1. The fourth-order valence-corrected chi connectivity index (χ4v) is 4.40. The number of amides is 3. The largest absolute Gasteiger partial charge is 0.326 e. The molecule has 2 fully saturated rings. The monoisotopic (exact) mass is 425 g/mol. The zero-order valence-corrected chi connectivity index (χ0v) is 17.6. The number of hydrogen-bond donors (Lipinski definition) is 1. The van der Waals surface area contributed by atoms with Crippen molar-refractivity contribution in [3.05, 3.63) is 59.1 Å². The van der Waals surface area contributed by atoms with Crippen molar-refractivity contribution in [3.8, 4) is 0 Å². The molecule has 1 N–H and O–H groups in total. The van der Waals surface area contributed by atoms with Crippen LogP contribution in [-0.4, -0.2) is 41.8 Å². The molecule has 2 aliphatic heterocycles. The van der Waals surface area contributed by atoms with Gasteiger partial charge in [-0.3, -0.25) is 19.3 Å². The van der Waals surface area contributed by atoms with Gasteiger partial charge in [-0.05, 0) is 62.7 Å². The molecule has 0 bridgehead atoms. The number of anilines is 2. The average molecular weight is 426 g/mol. The number of halogens is 1. The summed E-state index contributed by atoms with van der Waals surface area (Å²) in [4.78, 5) is 41.6. The number of hydrogen-bond acceptors (Lipinski definition) is 4. The van der Waals surface area contributed by atoms with Crippen LogP contribution in [0.15, 0.2) is 48.5 Å². The molecule has 1 unspecified atom stereocenters. The normalized spacial score (nSPS) is 20.6. The molecule has 4 rings (SSSR count). The van der Waals surface area contributed by atoms with Crippen LogP contribution in [0.3, 0.4) is 0 Å². The summed E-state index contributed by atoms with van der Waals surface area (Å²) in [6.07, 6.45) is 1.48. The summed E-state index contributed by atoms with van der Waals surface area (Å²) in [6, 6.07) is 14.2. The van der Waals surface area contributed by atoms with Crippen molar-refractivity contribution in [1.29, 1.82) is 0 Å². The zero-order valence-electron chi connectivity index (χ0n) is 16.8. The third-order valence-corrected chi connectivity index (χ3v) is 6.39. The molecule has 7 heteroatoms. The Balaban J connectivity index is 1.39. The third-order valence-electron chi connectivity index (χ3n) is 5.99. The molecule has 2 aromatic carbocycles. The lowest BCUT2D eigenvalue weighted by Crippen LogP contribution is -2.47. The summed E-state index contributed by atoms with van der Waals surface area (Å²) < 4.78 is 0. The van der Waals surface area contributed by atoms with Gasteiger partial charge in [0.05, 0.1) is 18.2 Å². The predicted octanol–water partition coefficient (Wildman–Crippen LogP) is 3.63. The van der Waals surface area contributed by atoms with E-state index in [9.17, 15) is 14.4 Å². The highest BCUT2D eigenvalue weighted by molar-refractivity contribution is 6.32. The molecule has 0 aromatic heterocycles. The molecule has 2 saturated heterocycles. The summed E-state index contributed by atoms with van der Waals surface area (Å²) in [5.41, 5.74) is 2.06. The number of carbonyl (C=O) groups is 3. The van der Waals surface area contributed by atoms with Crippen molar-refractivity contribution < 1.29 is 14.4 Å². The Bertz CT molecular complexity index is 971. The molecule has 2 heterocycles. The maximum atomic E-state index is 13.1. The van der Waals surface area contributed by atoms with Crippen LogP contribution in [0, 0.1) is 12.8 Å². The molecule has 0 spiro atoms. The van der Waals surface area contributed by atoms with Crippen LogP contribution in [0.5, 0.6) is 0 Å². The zero-order chi connectivity index (χ0) is 21.3. The smallest absolute Gasteiger partial charge is 0.251 e. The predicted molar refractivity (Wildman–Crippen MR) is 116 cm³/mol. The van der Waals surface area contributed by atoms with E-state index in [2.05, 4.69) is 5.32 Å². The van der Waals surface area contributed by atoms with Crippen LogP contribution in [0.1, 0.15) is 24.8 Å².